The quantitative estimate of drug-likeness (QED) is 0.389. The van der Waals surface area contributed by atoms with Crippen molar-refractivity contribution < 1.29 is 0 Å². The van der Waals surface area contributed by atoms with Crippen LogP contribution in [0.3, 0.4) is 0 Å². The monoisotopic (exact) mass is 432 g/mol. The third-order valence-electron chi connectivity index (χ3n) is 10.9. The molecule has 0 unspecified atom stereocenters. The Kier molecular flexibility index (Phi) is 5.46. The highest BCUT2D eigenvalue weighted by Gasteiger charge is 2.49. The molecule has 6 rings (SSSR count). The Labute approximate surface area is 199 Å². The van der Waals surface area contributed by atoms with E-state index in [9.17, 15) is 0 Å². The van der Waals surface area contributed by atoms with Crippen molar-refractivity contribution in [3.05, 3.63) is 66.8 Å². The van der Waals surface area contributed by atoms with E-state index in [1.165, 1.54) is 44.5 Å². The van der Waals surface area contributed by atoms with Gasteiger partial charge in [-0.3, -0.25) is 0 Å². The first kappa shape index (κ1) is 25.1. The highest BCUT2D eigenvalue weighted by molar-refractivity contribution is 5.63. The Bertz CT molecular complexity index is 890. The van der Waals surface area contributed by atoms with Crippen molar-refractivity contribution in [3.63, 3.8) is 0 Å². The lowest BCUT2D eigenvalue weighted by Crippen LogP contribution is -2.47. The Morgan fingerprint density at radius 1 is 0.250 bits per heavy atom. The molecule has 176 valence electrons. The average Bonchev–Trinajstić information content (AvgIpc) is 2.64. The summed E-state index contributed by atoms with van der Waals surface area (Å²) in [6.45, 7) is 38.9. The maximum atomic E-state index is 2.49. The van der Waals surface area contributed by atoms with E-state index >= 15 is 0 Å². The summed E-state index contributed by atoms with van der Waals surface area (Å²) in [5.74, 6) is 0. The normalized spacial score (nSPS) is 20.2. The van der Waals surface area contributed by atoms with Gasteiger partial charge in [0.05, 0.1) is 0 Å². The Morgan fingerprint density at radius 2 is 0.344 bits per heavy atom. The Hall–Kier alpha value is -1.56. The lowest BCUT2D eigenvalue weighted by atomic mass is 9.52. The van der Waals surface area contributed by atoms with Gasteiger partial charge in [-0.25, -0.2) is 0 Å². The zero-order valence-electron chi connectivity index (χ0n) is 24.0. The van der Waals surface area contributed by atoms with Crippen molar-refractivity contribution in [1.82, 2.24) is 0 Å². The first-order valence-electron chi connectivity index (χ1n) is 12.5. The van der Waals surface area contributed by atoms with E-state index < -0.39 is 0 Å². The van der Waals surface area contributed by atoms with Crippen molar-refractivity contribution in [2.75, 3.05) is 0 Å². The predicted octanol–water partition coefficient (Wildman–Crippen LogP) is 8.98. The second-order valence-corrected chi connectivity index (χ2v) is 13.0. The van der Waals surface area contributed by atoms with E-state index in [0.717, 1.165) is 0 Å². The second-order valence-electron chi connectivity index (χ2n) is 13.0. The van der Waals surface area contributed by atoms with E-state index in [1.807, 2.05) is 0 Å². The molecule has 2 aromatic carbocycles. The number of hydrogen-bond donors (Lipinski definition) is 0. The van der Waals surface area contributed by atoms with Crippen molar-refractivity contribution >= 4 is 0 Å². The van der Waals surface area contributed by atoms with Gasteiger partial charge in [-0.15, -0.1) is 0 Å². The summed E-state index contributed by atoms with van der Waals surface area (Å²) < 4.78 is 0. The molecule has 0 N–H and O–H groups in total. The van der Waals surface area contributed by atoms with Gasteiger partial charge in [-0.1, -0.05) is 55.4 Å². The molecule has 0 atom stereocenters. The van der Waals surface area contributed by atoms with E-state index in [-0.39, 0.29) is 21.7 Å². The first-order valence-corrected chi connectivity index (χ1v) is 12.5. The molecule has 0 fully saturated rings. The van der Waals surface area contributed by atoms with Crippen LogP contribution in [0.25, 0.3) is 0 Å². The summed E-state index contributed by atoms with van der Waals surface area (Å²) >= 11 is 0. The summed E-state index contributed by atoms with van der Waals surface area (Å²) in [6, 6.07) is 0. The molecule has 0 aromatic heterocycles. The molecule has 4 aliphatic carbocycles. The molecular weight excluding hydrogens is 384 g/mol. The maximum absolute atomic E-state index is 2.49. The summed E-state index contributed by atoms with van der Waals surface area (Å²) in [7, 11) is 0. The molecule has 0 aliphatic heterocycles. The van der Waals surface area contributed by atoms with Gasteiger partial charge in [0.1, 0.15) is 0 Å². The summed E-state index contributed by atoms with van der Waals surface area (Å²) in [6.07, 6.45) is 0. The second kappa shape index (κ2) is 6.97. The van der Waals surface area contributed by atoms with Crippen LogP contribution in [-0.2, 0) is 21.7 Å². The third kappa shape index (κ3) is 2.74. The molecule has 32 heavy (non-hydrogen) atoms. The molecule has 0 nitrogen and oxygen atoms in total. The van der Waals surface area contributed by atoms with Gasteiger partial charge in [-0.05, 0) is 144 Å². The molecule has 0 heterocycles. The van der Waals surface area contributed by atoms with Gasteiger partial charge < -0.3 is 0 Å². The molecule has 0 amide bonds. The van der Waals surface area contributed by atoms with Crippen LogP contribution in [0, 0.1) is 55.4 Å². The number of benzene rings is 2. The fraction of sp³-hybridized carbons (Fsp3) is 0.625. The molecule has 4 aliphatic rings. The fourth-order valence-corrected chi connectivity index (χ4v) is 7.62. The van der Waals surface area contributed by atoms with E-state index in [0.29, 0.717) is 0 Å². The van der Waals surface area contributed by atoms with Gasteiger partial charge in [-0.2, -0.15) is 0 Å². The van der Waals surface area contributed by atoms with Gasteiger partial charge in [0.2, 0.25) is 0 Å². The molecule has 0 radical (unpaired) electrons. The van der Waals surface area contributed by atoms with Crippen LogP contribution >= 0.6 is 0 Å². The summed E-state index contributed by atoms with van der Waals surface area (Å²) in [5, 5.41) is 0. The zero-order valence-corrected chi connectivity index (χ0v) is 24.0. The Morgan fingerprint density at radius 3 is 0.438 bits per heavy atom. The molecule has 4 bridgehead atoms. The van der Waals surface area contributed by atoms with Crippen molar-refractivity contribution in [1.29, 1.82) is 0 Å². The van der Waals surface area contributed by atoms with Crippen molar-refractivity contribution in [2.45, 2.75) is 132 Å². The van der Waals surface area contributed by atoms with Gasteiger partial charge in [0, 0.05) is 0 Å². The van der Waals surface area contributed by atoms with Gasteiger partial charge in [0.15, 0.2) is 0 Å². The van der Waals surface area contributed by atoms with Gasteiger partial charge in [0.25, 0.3) is 0 Å². The van der Waals surface area contributed by atoms with Crippen LogP contribution in [0.4, 0.5) is 0 Å². The molecular formula is C32H48. The fourth-order valence-electron chi connectivity index (χ4n) is 7.62. The highest BCUT2D eigenvalue weighted by atomic mass is 14.5. The summed E-state index contributed by atoms with van der Waals surface area (Å²) in [4.78, 5) is 0. The standard InChI is InChI=1S/C32H48/c1-17-18(2)26-20(4)19(3)25(17)29(9,10)31(13,14)27-21(5)23(7)28(24(8)22(27)6)32(15,16)30(26,11)12/h1-16H3. The van der Waals surface area contributed by atoms with E-state index in [4.69, 9.17) is 0 Å². The van der Waals surface area contributed by atoms with Crippen LogP contribution in [-0.4, -0.2) is 0 Å². The minimum atomic E-state index is -0.00993. The van der Waals surface area contributed by atoms with E-state index in [2.05, 4.69) is 111 Å². The molecule has 0 spiro atoms. The molecule has 0 heteroatoms. The van der Waals surface area contributed by atoms with Crippen LogP contribution in [0.5, 0.6) is 0 Å². The lowest BCUT2D eigenvalue weighted by Gasteiger charge is -2.52. The highest BCUT2D eigenvalue weighted by Crippen LogP contribution is 2.56. The zero-order chi connectivity index (χ0) is 24.9. The minimum Gasteiger partial charge on any atom is -0.0550 e. The molecule has 2 aromatic rings. The number of rotatable bonds is 0. The largest absolute Gasteiger partial charge is 0.0550 e. The van der Waals surface area contributed by atoms with Crippen molar-refractivity contribution in [2.24, 2.45) is 0 Å². The van der Waals surface area contributed by atoms with Crippen LogP contribution < -0.4 is 0 Å². The first-order chi connectivity index (χ1) is 14.3. The molecule has 0 saturated carbocycles. The average molecular weight is 433 g/mol. The van der Waals surface area contributed by atoms with E-state index in [1.54, 1.807) is 22.3 Å². The van der Waals surface area contributed by atoms with Crippen LogP contribution in [0.2, 0.25) is 0 Å². The lowest BCUT2D eigenvalue weighted by molar-refractivity contribution is 0.284. The topological polar surface area (TPSA) is 0 Å². The SMILES string of the molecule is Cc1c(C)c2c(C)c(C)c1C(C)(C)C(C)(C)c1c(C)c(C)c(c(C)c1C)C(C)(C)C2(C)C. The summed E-state index contributed by atoms with van der Waals surface area (Å²) in [5.41, 5.74) is 18.1. The smallest absolute Gasteiger partial charge is 0.000640 e. The Balaban J connectivity index is 2.76. The minimum absolute atomic E-state index is 0.00993. The van der Waals surface area contributed by atoms with Crippen LogP contribution in [0.1, 0.15) is 122 Å². The van der Waals surface area contributed by atoms with Crippen LogP contribution in [0.15, 0.2) is 0 Å². The predicted molar refractivity (Wildman–Crippen MR) is 143 cm³/mol. The van der Waals surface area contributed by atoms with Gasteiger partial charge >= 0.3 is 0 Å². The third-order valence-corrected chi connectivity index (χ3v) is 10.9. The molecule has 0 saturated heterocycles. The van der Waals surface area contributed by atoms with Crippen molar-refractivity contribution in [3.8, 4) is 0 Å². The maximum Gasteiger partial charge on any atom is -0.000640 e. The number of hydrogen-bond acceptors (Lipinski definition) is 0.